The Kier molecular flexibility index (Phi) is 5.64. The van der Waals surface area contributed by atoms with Gasteiger partial charge in [-0.1, -0.05) is 5.10 Å². The third-order valence-corrected chi connectivity index (χ3v) is 3.90. The van der Waals surface area contributed by atoms with Gasteiger partial charge in [0.05, 0.1) is 34.0 Å². The largest absolute Gasteiger partial charge is 0.497 e. The minimum Gasteiger partial charge on any atom is -0.497 e. The van der Waals surface area contributed by atoms with E-state index in [1.807, 2.05) is 0 Å². The molecule has 0 atom stereocenters. The molecule has 1 amide bonds. The van der Waals surface area contributed by atoms with Gasteiger partial charge in [-0.15, -0.1) is 5.10 Å². The average Bonchev–Trinajstić information content (AvgIpc) is 3.20. The third kappa shape index (κ3) is 3.98. The lowest BCUT2D eigenvalue weighted by atomic mass is 10.2. The molecule has 9 nitrogen and oxygen atoms in total. The van der Waals surface area contributed by atoms with Gasteiger partial charge in [0, 0.05) is 11.6 Å². The molecule has 0 saturated heterocycles. The van der Waals surface area contributed by atoms with E-state index in [1.54, 1.807) is 43.5 Å². The maximum absolute atomic E-state index is 12.5. The number of aromatic nitrogens is 2. The molecular formula is C19H19N3O6. The number of methoxy groups -OCH3 is 4. The van der Waals surface area contributed by atoms with Crippen LogP contribution in [-0.4, -0.2) is 44.5 Å². The van der Waals surface area contributed by atoms with Gasteiger partial charge in [0.2, 0.25) is 0 Å². The molecule has 9 heteroatoms. The van der Waals surface area contributed by atoms with Crippen LogP contribution in [0, 0.1) is 0 Å². The summed E-state index contributed by atoms with van der Waals surface area (Å²) >= 11 is 0. The molecule has 146 valence electrons. The quantitative estimate of drug-likeness (QED) is 0.662. The smallest absolute Gasteiger partial charge is 0.322 e. The van der Waals surface area contributed by atoms with E-state index in [1.165, 1.54) is 21.3 Å². The molecule has 0 unspecified atom stereocenters. The molecule has 3 rings (SSSR count). The Labute approximate surface area is 161 Å². The van der Waals surface area contributed by atoms with E-state index < -0.39 is 5.91 Å². The van der Waals surface area contributed by atoms with Crippen molar-refractivity contribution >= 4 is 11.9 Å². The number of ether oxygens (including phenoxy) is 4. The number of nitrogens with zero attached hydrogens (tertiary/aromatic N) is 2. The van der Waals surface area contributed by atoms with E-state index in [-0.39, 0.29) is 11.9 Å². The van der Waals surface area contributed by atoms with Crippen molar-refractivity contribution in [1.29, 1.82) is 0 Å². The number of hydrogen-bond acceptors (Lipinski definition) is 8. The highest BCUT2D eigenvalue weighted by atomic mass is 16.5. The van der Waals surface area contributed by atoms with E-state index in [0.29, 0.717) is 34.1 Å². The van der Waals surface area contributed by atoms with Crippen LogP contribution in [0.4, 0.5) is 6.01 Å². The monoisotopic (exact) mass is 385 g/mol. The number of hydrogen-bond donors (Lipinski definition) is 1. The third-order valence-electron chi connectivity index (χ3n) is 3.90. The van der Waals surface area contributed by atoms with E-state index in [9.17, 15) is 4.79 Å². The van der Waals surface area contributed by atoms with Crippen molar-refractivity contribution in [3.8, 4) is 34.5 Å². The van der Waals surface area contributed by atoms with Gasteiger partial charge in [0.1, 0.15) is 23.0 Å². The van der Waals surface area contributed by atoms with Gasteiger partial charge in [-0.3, -0.25) is 10.1 Å². The molecule has 3 aromatic rings. The van der Waals surface area contributed by atoms with Gasteiger partial charge in [0.15, 0.2) is 0 Å². The second kappa shape index (κ2) is 8.30. The summed E-state index contributed by atoms with van der Waals surface area (Å²) in [4.78, 5) is 12.5. The predicted molar refractivity (Wildman–Crippen MR) is 100 cm³/mol. The van der Waals surface area contributed by atoms with Crippen LogP contribution < -0.4 is 24.3 Å². The van der Waals surface area contributed by atoms with Crippen LogP contribution >= 0.6 is 0 Å². The molecule has 0 aliphatic rings. The second-order valence-electron chi connectivity index (χ2n) is 5.53. The molecule has 1 N–H and O–H groups in total. The molecule has 0 aliphatic heterocycles. The molecule has 1 heterocycles. The Balaban J connectivity index is 1.85. The number of benzene rings is 2. The van der Waals surface area contributed by atoms with Crippen LogP contribution in [0.1, 0.15) is 10.4 Å². The lowest BCUT2D eigenvalue weighted by Gasteiger charge is -2.08. The fraction of sp³-hybridized carbons (Fsp3) is 0.211. The second-order valence-corrected chi connectivity index (χ2v) is 5.53. The van der Waals surface area contributed by atoms with Crippen molar-refractivity contribution < 1.29 is 28.2 Å². The number of rotatable bonds is 7. The minimum atomic E-state index is -0.454. The predicted octanol–water partition coefficient (Wildman–Crippen LogP) is 3.02. The number of amides is 1. The molecule has 0 saturated carbocycles. The summed E-state index contributed by atoms with van der Waals surface area (Å²) in [5.41, 5.74) is 0.854. The Hall–Kier alpha value is -3.75. The summed E-state index contributed by atoms with van der Waals surface area (Å²) in [6.07, 6.45) is 0. The molecule has 0 spiro atoms. The molecule has 2 aromatic carbocycles. The van der Waals surface area contributed by atoms with Gasteiger partial charge in [0.25, 0.3) is 11.8 Å². The Bertz CT molecular complexity index is 963. The van der Waals surface area contributed by atoms with Crippen molar-refractivity contribution in [2.75, 3.05) is 33.8 Å². The van der Waals surface area contributed by atoms with Crippen molar-refractivity contribution in [3.05, 3.63) is 42.0 Å². The van der Waals surface area contributed by atoms with E-state index in [4.69, 9.17) is 23.4 Å². The standard InChI is InChI=1S/C19H19N3O6/c1-24-12-5-6-16(27-4)15(10-12)18-21-22-19(28-18)20-17(23)11-7-13(25-2)9-14(8-11)26-3/h5-10H,1-4H3,(H,20,22,23). The zero-order valence-electron chi connectivity index (χ0n) is 15.8. The SMILES string of the molecule is COc1cc(OC)cc(C(=O)Nc2nnc(-c3cc(OC)ccc3OC)o2)c1. The highest BCUT2D eigenvalue weighted by Gasteiger charge is 2.17. The van der Waals surface area contributed by atoms with Crippen molar-refractivity contribution in [2.45, 2.75) is 0 Å². The Morgan fingerprint density at radius 3 is 2.14 bits per heavy atom. The van der Waals surface area contributed by atoms with Gasteiger partial charge in [-0.05, 0) is 30.3 Å². The van der Waals surface area contributed by atoms with Gasteiger partial charge in [-0.2, -0.15) is 0 Å². The topological polar surface area (TPSA) is 105 Å². The number of nitrogens with one attached hydrogen (secondary N) is 1. The fourth-order valence-electron chi connectivity index (χ4n) is 2.47. The highest BCUT2D eigenvalue weighted by molar-refractivity contribution is 6.03. The molecular weight excluding hydrogens is 366 g/mol. The van der Waals surface area contributed by atoms with Crippen LogP contribution in [0.15, 0.2) is 40.8 Å². The van der Waals surface area contributed by atoms with Crippen molar-refractivity contribution in [2.24, 2.45) is 0 Å². The summed E-state index contributed by atoms with van der Waals surface area (Å²) in [7, 11) is 6.08. The summed E-state index contributed by atoms with van der Waals surface area (Å²) in [6, 6.07) is 9.91. The van der Waals surface area contributed by atoms with Gasteiger partial charge >= 0.3 is 6.01 Å². The zero-order chi connectivity index (χ0) is 20.1. The van der Waals surface area contributed by atoms with Crippen LogP contribution in [0.5, 0.6) is 23.0 Å². The molecule has 0 bridgehead atoms. The minimum absolute atomic E-state index is 0.0633. The molecule has 0 radical (unpaired) electrons. The zero-order valence-corrected chi connectivity index (χ0v) is 15.8. The Morgan fingerprint density at radius 2 is 1.54 bits per heavy atom. The number of anilines is 1. The first-order chi connectivity index (χ1) is 13.6. The van der Waals surface area contributed by atoms with Gasteiger partial charge in [-0.25, -0.2) is 0 Å². The Morgan fingerprint density at radius 1 is 0.857 bits per heavy atom. The summed E-state index contributed by atoms with van der Waals surface area (Å²) in [5, 5.41) is 10.4. The lowest BCUT2D eigenvalue weighted by Crippen LogP contribution is -2.12. The fourth-order valence-corrected chi connectivity index (χ4v) is 2.47. The van der Waals surface area contributed by atoms with Crippen LogP contribution in [0.25, 0.3) is 11.5 Å². The average molecular weight is 385 g/mol. The first-order valence-corrected chi connectivity index (χ1v) is 8.18. The summed E-state index contributed by atoms with van der Waals surface area (Å²) < 4.78 is 26.4. The van der Waals surface area contributed by atoms with E-state index >= 15 is 0 Å². The maximum Gasteiger partial charge on any atom is 0.322 e. The number of carbonyl (C=O) groups is 1. The summed E-state index contributed by atoms with van der Waals surface area (Å²) in [6.45, 7) is 0. The summed E-state index contributed by atoms with van der Waals surface area (Å²) in [5.74, 6) is 1.82. The molecule has 0 aliphatic carbocycles. The van der Waals surface area contributed by atoms with Crippen molar-refractivity contribution in [3.63, 3.8) is 0 Å². The maximum atomic E-state index is 12.5. The number of carbonyl (C=O) groups excluding carboxylic acids is 1. The first-order valence-electron chi connectivity index (χ1n) is 8.18. The van der Waals surface area contributed by atoms with Crippen LogP contribution in [-0.2, 0) is 0 Å². The van der Waals surface area contributed by atoms with Gasteiger partial charge < -0.3 is 23.4 Å². The lowest BCUT2D eigenvalue weighted by molar-refractivity contribution is 0.102. The van der Waals surface area contributed by atoms with E-state index in [0.717, 1.165) is 0 Å². The molecule has 28 heavy (non-hydrogen) atoms. The van der Waals surface area contributed by atoms with E-state index in [2.05, 4.69) is 15.5 Å². The van der Waals surface area contributed by atoms with Crippen LogP contribution in [0.3, 0.4) is 0 Å². The highest BCUT2D eigenvalue weighted by Crippen LogP contribution is 2.33. The first kappa shape index (κ1) is 19.0. The molecule has 1 aromatic heterocycles. The van der Waals surface area contributed by atoms with Crippen LogP contribution in [0.2, 0.25) is 0 Å². The molecule has 0 fully saturated rings. The van der Waals surface area contributed by atoms with Crippen molar-refractivity contribution in [1.82, 2.24) is 10.2 Å². The normalized spacial score (nSPS) is 10.3.